The molecule has 0 aliphatic rings. The van der Waals surface area contributed by atoms with Gasteiger partial charge < -0.3 is 15.4 Å². The Hall–Kier alpha value is -1.55. The fourth-order valence-corrected chi connectivity index (χ4v) is 1.34. The molecule has 0 bridgehead atoms. The normalized spacial score (nSPS) is 10.0. The van der Waals surface area contributed by atoms with E-state index in [4.69, 9.17) is 10.5 Å². The topological polar surface area (TPSA) is 55.6 Å². The molecule has 0 unspecified atom stereocenters. The molecule has 0 saturated heterocycles. The van der Waals surface area contributed by atoms with Crippen molar-refractivity contribution in [3.8, 4) is 5.75 Å². The summed E-state index contributed by atoms with van der Waals surface area (Å²) in [6.45, 7) is 2.40. The number of likely N-dealkylation sites (N-methyl/N-ethyl adjacent to an activating group) is 1. The van der Waals surface area contributed by atoms with Crippen LogP contribution in [0.15, 0.2) is 18.2 Å². The Bertz CT molecular complexity index is 375. The largest absolute Gasteiger partial charge is 0.483 e. The number of nitrogens with two attached hydrogens (primary N) is 1. The molecule has 0 aromatic heterocycles. The molecule has 1 aromatic carbocycles. The number of benzene rings is 1. The van der Waals surface area contributed by atoms with Gasteiger partial charge in [-0.3, -0.25) is 4.79 Å². The zero-order chi connectivity index (χ0) is 12.1. The quantitative estimate of drug-likeness (QED) is 0.824. The number of para-hydroxylation sites is 1. The number of amides is 1. The maximum Gasteiger partial charge on any atom is 0.259 e. The van der Waals surface area contributed by atoms with E-state index in [0.717, 1.165) is 16.9 Å². The number of nitrogens with zero attached hydrogens (tertiary/aromatic N) is 1. The summed E-state index contributed by atoms with van der Waals surface area (Å²) in [6, 6.07) is 5.77. The Balaban J connectivity index is 2.76. The van der Waals surface area contributed by atoms with Crippen molar-refractivity contribution in [3.05, 3.63) is 29.3 Å². The lowest BCUT2D eigenvalue weighted by Gasteiger charge is -2.15. The molecule has 0 fully saturated rings. The van der Waals surface area contributed by atoms with E-state index in [0.29, 0.717) is 6.54 Å². The van der Waals surface area contributed by atoms with Crippen LogP contribution in [0.1, 0.15) is 11.1 Å². The third-order valence-corrected chi connectivity index (χ3v) is 2.35. The molecule has 2 N–H and O–H groups in total. The highest BCUT2D eigenvalue weighted by molar-refractivity contribution is 5.77. The van der Waals surface area contributed by atoms with E-state index in [-0.39, 0.29) is 12.5 Å². The number of hydrogen-bond acceptors (Lipinski definition) is 3. The van der Waals surface area contributed by atoms with Crippen LogP contribution in [0.25, 0.3) is 0 Å². The highest BCUT2D eigenvalue weighted by Gasteiger charge is 2.09. The third-order valence-electron chi connectivity index (χ3n) is 2.35. The van der Waals surface area contributed by atoms with Crippen LogP contribution in [-0.4, -0.2) is 31.5 Å². The van der Waals surface area contributed by atoms with Crippen molar-refractivity contribution in [2.75, 3.05) is 20.7 Å². The maximum atomic E-state index is 11.4. The van der Waals surface area contributed by atoms with Gasteiger partial charge in [0.15, 0.2) is 6.61 Å². The second-order valence-corrected chi connectivity index (χ2v) is 3.84. The zero-order valence-corrected chi connectivity index (χ0v) is 9.99. The molecule has 0 aliphatic heterocycles. The van der Waals surface area contributed by atoms with Gasteiger partial charge in [0.1, 0.15) is 5.75 Å². The lowest BCUT2D eigenvalue weighted by atomic mass is 10.1. The summed E-state index contributed by atoms with van der Waals surface area (Å²) < 4.78 is 5.51. The van der Waals surface area contributed by atoms with Crippen molar-refractivity contribution in [3.63, 3.8) is 0 Å². The molecule has 1 rings (SSSR count). The van der Waals surface area contributed by atoms with E-state index in [1.54, 1.807) is 14.1 Å². The van der Waals surface area contributed by atoms with Crippen molar-refractivity contribution in [1.82, 2.24) is 4.90 Å². The minimum Gasteiger partial charge on any atom is -0.483 e. The van der Waals surface area contributed by atoms with Crippen LogP contribution in [0.5, 0.6) is 5.75 Å². The van der Waals surface area contributed by atoms with Crippen LogP contribution in [0.4, 0.5) is 0 Å². The second-order valence-electron chi connectivity index (χ2n) is 3.84. The van der Waals surface area contributed by atoms with E-state index in [2.05, 4.69) is 0 Å². The third kappa shape index (κ3) is 2.97. The Kier molecular flexibility index (Phi) is 4.31. The first-order valence-electron chi connectivity index (χ1n) is 5.17. The molecular formula is C12H18N2O2. The lowest BCUT2D eigenvalue weighted by molar-refractivity contribution is -0.130. The molecule has 88 valence electrons. The van der Waals surface area contributed by atoms with Gasteiger partial charge in [-0.1, -0.05) is 18.2 Å². The molecule has 0 aliphatic carbocycles. The number of ether oxygens (including phenoxy) is 1. The number of hydrogen-bond donors (Lipinski definition) is 1. The molecule has 4 heteroatoms. The molecule has 1 amide bonds. The smallest absolute Gasteiger partial charge is 0.259 e. The fourth-order valence-electron chi connectivity index (χ4n) is 1.34. The molecular weight excluding hydrogens is 204 g/mol. The van der Waals surface area contributed by atoms with Crippen LogP contribution in [0.2, 0.25) is 0 Å². The van der Waals surface area contributed by atoms with Crippen molar-refractivity contribution in [1.29, 1.82) is 0 Å². The molecule has 16 heavy (non-hydrogen) atoms. The first-order valence-corrected chi connectivity index (χ1v) is 5.17. The van der Waals surface area contributed by atoms with Crippen LogP contribution in [0, 0.1) is 6.92 Å². The summed E-state index contributed by atoms with van der Waals surface area (Å²) >= 11 is 0. The number of carbonyl (C=O) groups is 1. The maximum absolute atomic E-state index is 11.4. The van der Waals surface area contributed by atoms with Gasteiger partial charge in [-0.15, -0.1) is 0 Å². The summed E-state index contributed by atoms with van der Waals surface area (Å²) in [6.07, 6.45) is 0. The minimum absolute atomic E-state index is 0.0465. The average Bonchev–Trinajstić information content (AvgIpc) is 2.26. The van der Waals surface area contributed by atoms with Crippen LogP contribution < -0.4 is 10.5 Å². The van der Waals surface area contributed by atoms with Crippen molar-refractivity contribution in [2.24, 2.45) is 5.73 Å². The van der Waals surface area contributed by atoms with E-state index < -0.39 is 0 Å². The van der Waals surface area contributed by atoms with Crippen LogP contribution in [-0.2, 0) is 11.3 Å². The lowest BCUT2D eigenvalue weighted by Crippen LogP contribution is -2.28. The molecule has 4 nitrogen and oxygen atoms in total. The van der Waals surface area contributed by atoms with Gasteiger partial charge in [-0.25, -0.2) is 0 Å². The average molecular weight is 222 g/mol. The fraction of sp³-hybridized carbons (Fsp3) is 0.417. The Labute approximate surface area is 96.0 Å². The standard InChI is InChI=1S/C12H18N2O2/c1-9-5-4-6-10(7-13)12(9)16-8-11(15)14(2)3/h4-6H,7-8,13H2,1-3H3. The monoisotopic (exact) mass is 222 g/mol. The number of aryl methyl sites for hydroxylation is 1. The summed E-state index contributed by atoms with van der Waals surface area (Å²) in [5.41, 5.74) is 7.53. The zero-order valence-electron chi connectivity index (χ0n) is 9.99. The summed E-state index contributed by atoms with van der Waals surface area (Å²) in [7, 11) is 3.40. The minimum atomic E-state index is -0.0637. The van der Waals surface area contributed by atoms with Crippen LogP contribution >= 0.6 is 0 Å². The van der Waals surface area contributed by atoms with Gasteiger partial charge in [0, 0.05) is 26.2 Å². The van der Waals surface area contributed by atoms with Crippen molar-refractivity contribution in [2.45, 2.75) is 13.5 Å². The molecule has 0 heterocycles. The predicted molar refractivity (Wildman–Crippen MR) is 63.3 cm³/mol. The van der Waals surface area contributed by atoms with E-state index in [9.17, 15) is 4.79 Å². The van der Waals surface area contributed by atoms with Gasteiger partial charge in [0.2, 0.25) is 0 Å². The number of rotatable bonds is 4. The highest BCUT2D eigenvalue weighted by Crippen LogP contribution is 2.22. The van der Waals surface area contributed by atoms with Gasteiger partial charge in [-0.2, -0.15) is 0 Å². The Morgan fingerprint density at radius 1 is 1.44 bits per heavy atom. The summed E-state index contributed by atoms with van der Waals surface area (Å²) in [5, 5.41) is 0. The molecule has 0 saturated carbocycles. The van der Waals surface area contributed by atoms with Gasteiger partial charge in [-0.05, 0) is 12.5 Å². The number of carbonyl (C=O) groups excluding carboxylic acids is 1. The van der Waals surface area contributed by atoms with E-state index in [1.165, 1.54) is 4.90 Å². The Morgan fingerprint density at radius 2 is 2.12 bits per heavy atom. The van der Waals surface area contributed by atoms with Crippen LogP contribution in [0.3, 0.4) is 0 Å². The highest BCUT2D eigenvalue weighted by atomic mass is 16.5. The summed E-state index contributed by atoms with van der Waals surface area (Å²) in [4.78, 5) is 12.9. The predicted octanol–water partition coefficient (Wildman–Crippen LogP) is 0.921. The molecule has 1 aromatic rings. The van der Waals surface area contributed by atoms with Gasteiger partial charge in [0.25, 0.3) is 5.91 Å². The summed E-state index contributed by atoms with van der Waals surface area (Å²) in [5.74, 6) is 0.659. The van der Waals surface area contributed by atoms with E-state index in [1.807, 2.05) is 25.1 Å². The van der Waals surface area contributed by atoms with Gasteiger partial charge >= 0.3 is 0 Å². The van der Waals surface area contributed by atoms with Gasteiger partial charge in [0.05, 0.1) is 0 Å². The molecule has 0 spiro atoms. The molecule has 0 radical (unpaired) electrons. The van der Waals surface area contributed by atoms with E-state index >= 15 is 0 Å². The second kappa shape index (κ2) is 5.51. The first kappa shape index (κ1) is 12.5. The molecule has 0 atom stereocenters. The first-order chi connectivity index (χ1) is 7.56. The Morgan fingerprint density at radius 3 is 2.69 bits per heavy atom. The van der Waals surface area contributed by atoms with Crippen molar-refractivity contribution >= 4 is 5.91 Å². The van der Waals surface area contributed by atoms with Crippen molar-refractivity contribution < 1.29 is 9.53 Å². The SMILES string of the molecule is Cc1cccc(CN)c1OCC(=O)N(C)C.